The van der Waals surface area contributed by atoms with Crippen LogP contribution in [0.25, 0.3) is 0 Å². The molecule has 0 fully saturated rings. The summed E-state index contributed by atoms with van der Waals surface area (Å²) in [4.78, 5) is 4.19. The second-order valence-corrected chi connectivity index (χ2v) is 4.95. The van der Waals surface area contributed by atoms with Crippen LogP contribution in [0.2, 0.25) is 0 Å². The van der Waals surface area contributed by atoms with E-state index in [0.717, 1.165) is 11.6 Å². The van der Waals surface area contributed by atoms with Gasteiger partial charge in [-0.05, 0) is 13.8 Å². The summed E-state index contributed by atoms with van der Waals surface area (Å²) in [6, 6.07) is 0.345. The molecule has 0 aliphatic rings. The van der Waals surface area contributed by atoms with Crippen LogP contribution >= 0.6 is 11.8 Å². The Kier molecular flexibility index (Phi) is 4.41. The van der Waals surface area contributed by atoms with Gasteiger partial charge in [0.15, 0.2) is 0 Å². The Morgan fingerprint density at radius 3 is 2.79 bits per heavy atom. The molecule has 1 aromatic heterocycles. The zero-order chi connectivity index (χ0) is 10.6. The molecule has 0 saturated heterocycles. The second kappa shape index (κ2) is 5.36. The predicted octanol–water partition coefficient (Wildman–Crippen LogP) is 1.47. The van der Waals surface area contributed by atoms with Crippen molar-refractivity contribution in [2.75, 3.05) is 6.61 Å². The number of aliphatic hydroxyl groups is 1. The van der Waals surface area contributed by atoms with E-state index in [0.29, 0.717) is 6.04 Å². The summed E-state index contributed by atoms with van der Waals surface area (Å²) in [6.45, 7) is 6.37. The van der Waals surface area contributed by atoms with Gasteiger partial charge in [-0.15, -0.1) is 11.8 Å². The molecule has 1 rings (SSSR count). The summed E-state index contributed by atoms with van der Waals surface area (Å²) in [5.74, 6) is 1.78. The van der Waals surface area contributed by atoms with Crippen molar-refractivity contribution in [2.45, 2.75) is 37.8 Å². The first kappa shape index (κ1) is 11.5. The van der Waals surface area contributed by atoms with Crippen molar-refractivity contribution < 1.29 is 5.11 Å². The fraction of sp³-hybridized carbons (Fsp3) is 0.778. The van der Waals surface area contributed by atoms with Crippen LogP contribution in [0.5, 0.6) is 0 Å². The maximum Gasteiger partial charge on any atom is 0.138 e. The third kappa shape index (κ3) is 2.99. The summed E-state index contributed by atoms with van der Waals surface area (Å²) in [6.07, 6.45) is 1.58. The maximum absolute atomic E-state index is 8.88. The number of aromatic nitrogens is 3. The summed E-state index contributed by atoms with van der Waals surface area (Å²) in [5, 5.41) is 13.3. The van der Waals surface area contributed by atoms with Gasteiger partial charge in [0.1, 0.15) is 12.2 Å². The molecule has 4 nitrogen and oxygen atoms in total. The molecule has 0 amide bonds. The molecule has 0 bridgehead atoms. The standard InChI is InChI=1S/C9H17N3OS/c1-7(2)12-9(10-6-11-12)5-14-8(3)4-13/h6-8,13H,4-5H2,1-3H3. The minimum Gasteiger partial charge on any atom is -0.395 e. The quantitative estimate of drug-likeness (QED) is 0.808. The Hall–Kier alpha value is -0.550. The van der Waals surface area contributed by atoms with Crippen LogP contribution in [0.3, 0.4) is 0 Å². The highest BCUT2D eigenvalue weighted by Gasteiger charge is 2.09. The molecule has 0 spiro atoms. The average Bonchev–Trinajstić information content (AvgIpc) is 2.62. The molecule has 80 valence electrons. The van der Waals surface area contributed by atoms with Crippen molar-refractivity contribution in [3.8, 4) is 0 Å². The molecule has 0 aliphatic carbocycles. The van der Waals surface area contributed by atoms with Gasteiger partial charge in [-0.2, -0.15) is 5.10 Å². The molecule has 0 radical (unpaired) electrons. The highest BCUT2D eigenvalue weighted by molar-refractivity contribution is 7.99. The molecule has 1 unspecified atom stereocenters. The van der Waals surface area contributed by atoms with E-state index in [4.69, 9.17) is 5.11 Å². The fourth-order valence-electron chi connectivity index (χ4n) is 1.08. The van der Waals surface area contributed by atoms with Crippen molar-refractivity contribution >= 4 is 11.8 Å². The number of thioether (sulfide) groups is 1. The van der Waals surface area contributed by atoms with Crippen molar-refractivity contribution in [1.82, 2.24) is 14.8 Å². The van der Waals surface area contributed by atoms with Gasteiger partial charge >= 0.3 is 0 Å². The summed E-state index contributed by atoms with van der Waals surface area (Å²) in [5.41, 5.74) is 0. The van der Waals surface area contributed by atoms with E-state index >= 15 is 0 Å². The predicted molar refractivity (Wildman–Crippen MR) is 58.2 cm³/mol. The lowest BCUT2D eigenvalue weighted by atomic mass is 10.4. The van der Waals surface area contributed by atoms with Crippen molar-refractivity contribution in [3.63, 3.8) is 0 Å². The molecule has 0 saturated carbocycles. The first-order chi connectivity index (χ1) is 6.65. The zero-order valence-corrected chi connectivity index (χ0v) is 9.66. The number of hydrogen-bond donors (Lipinski definition) is 1. The van der Waals surface area contributed by atoms with Gasteiger partial charge < -0.3 is 5.11 Å². The number of nitrogens with zero attached hydrogens (tertiary/aromatic N) is 3. The number of aliphatic hydroxyl groups excluding tert-OH is 1. The molecule has 0 aromatic carbocycles. The Balaban J connectivity index is 2.54. The lowest BCUT2D eigenvalue weighted by Gasteiger charge is -2.10. The molecule has 1 atom stereocenters. The third-order valence-electron chi connectivity index (χ3n) is 1.89. The minimum absolute atomic E-state index is 0.209. The maximum atomic E-state index is 8.88. The molecular formula is C9H17N3OS. The van der Waals surface area contributed by atoms with Crippen LogP contribution in [0.15, 0.2) is 6.33 Å². The van der Waals surface area contributed by atoms with Gasteiger partial charge in [-0.3, -0.25) is 0 Å². The summed E-state index contributed by atoms with van der Waals surface area (Å²) in [7, 11) is 0. The van der Waals surface area contributed by atoms with Crippen LogP contribution in [0, 0.1) is 0 Å². The normalized spacial score (nSPS) is 13.5. The Labute approximate surface area is 88.7 Å². The highest BCUT2D eigenvalue weighted by Crippen LogP contribution is 2.17. The van der Waals surface area contributed by atoms with Gasteiger partial charge in [0.25, 0.3) is 0 Å². The van der Waals surface area contributed by atoms with Crippen LogP contribution in [-0.4, -0.2) is 31.7 Å². The Morgan fingerprint density at radius 2 is 2.21 bits per heavy atom. The van der Waals surface area contributed by atoms with Gasteiger partial charge in [0.2, 0.25) is 0 Å². The van der Waals surface area contributed by atoms with Crippen LogP contribution in [0.1, 0.15) is 32.6 Å². The van der Waals surface area contributed by atoms with Gasteiger partial charge in [-0.1, -0.05) is 6.92 Å². The molecule has 0 aliphatic heterocycles. The Bertz CT molecular complexity index is 275. The smallest absolute Gasteiger partial charge is 0.138 e. The molecule has 5 heteroatoms. The lowest BCUT2D eigenvalue weighted by Crippen LogP contribution is -2.09. The van der Waals surface area contributed by atoms with E-state index in [2.05, 4.69) is 23.9 Å². The van der Waals surface area contributed by atoms with Crippen LogP contribution < -0.4 is 0 Å². The molecular weight excluding hydrogens is 198 g/mol. The van der Waals surface area contributed by atoms with Gasteiger partial charge in [0, 0.05) is 11.3 Å². The van der Waals surface area contributed by atoms with Crippen molar-refractivity contribution in [3.05, 3.63) is 12.2 Å². The van der Waals surface area contributed by atoms with Crippen LogP contribution in [-0.2, 0) is 5.75 Å². The average molecular weight is 215 g/mol. The summed E-state index contributed by atoms with van der Waals surface area (Å²) >= 11 is 1.69. The highest BCUT2D eigenvalue weighted by atomic mass is 32.2. The molecule has 1 heterocycles. The van der Waals surface area contributed by atoms with Crippen molar-refractivity contribution in [1.29, 1.82) is 0 Å². The molecule has 1 aromatic rings. The number of hydrogen-bond acceptors (Lipinski definition) is 4. The molecule has 14 heavy (non-hydrogen) atoms. The fourth-order valence-corrected chi connectivity index (χ4v) is 1.82. The molecule has 1 N–H and O–H groups in total. The van der Waals surface area contributed by atoms with Crippen molar-refractivity contribution in [2.24, 2.45) is 0 Å². The number of rotatable bonds is 5. The van der Waals surface area contributed by atoms with Crippen LogP contribution in [0.4, 0.5) is 0 Å². The van der Waals surface area contributed by atoms with E-state index in [1.165, 1.54) is 0 Å². The summed E-state index contributed by atoms with van der Waals surface area (Å²) < 4.78 is 1.91. The van der Waals surface area contributed by atoms with E-state index in [1.807, 2.05) is 11.6 Å². The lowest BCUT2D eigenvalue weighted by molar-refractivity contribution is 0.300. The van der Waals surface area contributed by atoms with Gasteiger partial charge in [-0.25, -0.2) is 9.67 Å². The monoisotopic (exact) mass is 215 g/mol. The van der Waals surface area contributed by atoms with E-state index in [9.17, 15) is 0 Å². The van der Waals surface area contributed by atoms with E-state index in [1.54, 1.807) is 18.1 Å². The third-order valence-corrected chi connectivity index (χ3v) is 3.03. The van der Waals surface area contributed by atoms with E-state index in [-0.39, 0.29) is 11.9 Å². The SMILES string of the molecule is CC(CO)SCc1ncnn1C(C)C. The Morgan fingerprint density at radius 1 is 1.50 bits per heavy atom. The first-order valence-electron chi connectivity index (χ1n) is 4.76. The zero-order valence-electron chi connectivity index (χ0n) is 8.84. The second-order valence-electron chi connectivity index (χ2n) is 3.52. The minimum atomic E-state index is 0.209. The van der Waals surface area contributed by atoms with Gasteiger partial charge in [0.05, 0.1) is 12.4 Å². The van der Waals surface area contributed by atoms with E-state index < -0.39 is 0 Å². The largest absolute Gasteiger partial charge is 0.395 e. The first-order valence-corrected chi connectivity index (χ1v) is 5.81. The topological polar surface area (TPSA) is 50.9 Å².